The third-order valence-corrected chi connectivity index (χ3v) is 3.72. The first-order valence-corrected chi connectivity index (χ1v) is 6.99. The lowest BCUT2D eigenvalue weighted by atomic mass is 10.3. The fraction of sp³-hybridized carbons (Fsp3) is 0.231. The predicted octanol–water partition coefficient (Wildman–Crippen LogP) is 4.49. The van der Waals surface area contributed by atoms with Gasteiger partial charge in [0.2, 0.25) is 0 Å². The lowest BCUT2D eigenvalue weighted by molar-refractivity contribution is 0.302. The SMILES string of the molecule is CCOc1cccc(OCc2ccc(Br)s2)c1. The first-order chi connectivity index (χ1) is 8.28. The fourth-order valence-corrected chi connectivity index (χ4v) is 2.80. The zero-order valence-corrected chi connectivity index (χ0v) is 11.9. The average molecular weight is 313 g/mol. The van der Waals surface area contributed by atoms with Crippen LogP contribution in [0.1, 0.15) is 11.8 Å². The van der Waals surface area contributed by atoms with Gasteiger partial charge in [-0.2, -0.15) is 0 Å². The zero-order valence-electron chi connectivity index (χ0n) is 9.48. The maximum absolute atomic E-state index is 5.70. The van der Waals surface area contributed by atoms with Gasteiger partial charge in [0, 0.05) is 10.9 Å². The molecule has 2 nitrogen and oxygen atoms in total. The Morgan fingerprint density at radius 2 is 1.88 bits per heavy atom. The summed E-state index contributed by atoms with van der Waals surface area (Å²) in [5.41, 5.74) is 0. The molecule has 0 unspecified atom stereocenters. The van der Waals surface area contributed by atoms with Crippen LogP contribution < -0.4 is 9.47 Å². The summed E-state index contributed by atoms with van der Waals surface area (Å²) in [5.74, 6) is 1.68. The van der Waals surface area contributed by atoms with Crippen molar-refractivity contribution < 1.29 is 9.47 Å². The largest absolute Gasteiger partial charge is 0.494 e. The minimum absolute atomic E-state index is 0.589. The molecule has 90 valence electrons. The van der Waals surface area contributed by atoms with Gasteiger partial charge < -0.3 is 9.47 Å². The highest BCUT2D eigenvalue weighted by Crippen LogP contribution is 2.25. The molecule has 1 aromatic carbocycles. The van der Waals surface area contributed by atoms with Crippen molar-refractivity contribution in [2.24, 2.45) is 0 Å². The van der Waals surface area contributed by atoms with Crippen LogP contribution in [0.5, 0.6) is 11.5 Å². The van der Waals surface area contributed by atoms with Gasteiger partial charge in [0.1, 0.15) is 18.1 Å². The second-order valence-corrected chi connectivity index (χ2v) is 5.95. The Labute approximate surface area is 113 Å². The third kappa shape index (κ3) is 3.75. The van der Waals surface area contributed by atoms with Gasteiger partial charge in [-0.05, 0) is 47.1 Å². The second-order valence-electron chi connectivity index (χ2n) is 3.40. The summed E-state index contributed by atoms with van der Waals surface area (Å²) in [4.78, 5) is 1.19. The summed E-state index contributed by atoms with van der Waals surface area (Å²) in [7, 11) is 0. The molecule has 1 heterocycles. The van der Waals surface area contributed by atoms with Crippen molar-refractivity contribution in [3.8, 4) is 11.5 Å². The molecule has 1 aromatic heterocycles. The zero-order chi connectivity index (χ0) is 12.1. The molecule has 17 heavy (non-hydrogen) atoms. The molecule has 0 aliphatic rings. The Kier molecular flexibility index (Phi) is 4.45. The minimum atomic E-state index is 0.589. The van der Waals surface area contributed by atoms with E-state index in [1.807, 2.05) is 37.3 Å². The van der Waals surface area contributed by atoms with E-state index < -0.39 is 0 Å². The highest BCUT2D eigenvalue weighted by Gasteiger charge is 2.00. The Balaban J connectivity index is 1.96. The maximum Gasteiger partial charge on any atom is 0.123 e. The van der Waals surface area contributed by atoms with Gasteiger partial charge in [-0.25, -0.2) is 0 Å². The summed E-state index contributed by atoms with van der Waals surface area (Å²) < 4.78 is 12.2. The van der Waals surface area contributed by atoms with Crippen LogP contribution in [0.2, 0.25) is 0 Å². The lowest BCUT2D eigenvalue weighted by Crippen LogP contribution is -1.95. The van der Waals surface area contributed by atoms with Crippen molar-refractivity contribution in [3.63, 3.8) is 0 Å². The Hall–Kier alpha value is -1.000. The van der Waals surface area contributed by atoms with E-state index in [1.165, 1.54) is 4.88 Å². The molecule has 0 saturated carbocycles. The van der Waals surface area contributed by atoms with Gasteiger partial charge >= 0.3 is 0 Å². The number of halogens is 1. The lowest BCUT2D eigenvalue weighted by Gasteiger charge is -2.07. The van der Waals surface area contributed by atoms with Gasteiger partial charge in [-0.15, -0.1) is 11.3 Å². The highest BCUT2D eigenvalue weighted by molar-refractivity contribution is 9.11. The van der Waals surface area contributed by atoms with Crippen molar-refractivity contribution in [3.05, 3.63) is 45.1 Å². The molecule has 0 saturated heterocycles. The molecule has 0 aliphatic heterocycles. The highest BCUT2D eigenvalue weighted by atomic mass is 79.9. The molecule has 0 aliphatic carbocycles. The molecule has 2 rings (SSSR count). The molecular formula is C13H13BrO2S. The van der Waals surface area contributed by atoms with E-state index in [9.17, 15) is 0 Å². The smallest absolute Gasteiger partial charge is 0.123 e. The second kappa shape index (κ2) is 6.07. The molecule has 0 bridgehead atoms. The number of ether oxygens (including phenoxy) is 2. The quantitative estimate of drug-likeness (QED) is 0.810. The number of benzene rings is 1. The van der Waals surface area contributed by atoms with Crippen LogP contribution in [0.25, 0.3) is 0 Å². The Morgan fingerprint density at radius 1 is 1.12 bits per heavy atom. The van der Waals surface area contributed by atoms with Crippen molar-refractivity contribution in [1.29, 1.82) is 0 Å². The molecule has 2 aromatic rings. The van der Waals surface area contributed by atoms with Gasteiger partial charge in [0.25, 0.3) is 0 Å². The van der Waals surface area contributed by atoms with Crippen molar-refractivity contribution in [2.45, 2.75) is 13.5 Å². The fourth-order valence-electron chi connectivity index (χ4n) is 1.40. The average Bonchev–Trinajstić information content (AvgIpc) is 2.74. The normalized spacial score (nSPS) is 10.2. The van der Waals surface area contributed by atoms with Crippen LogP contribution >= 0.6 is 27.3 Å². The van der Waals surface area contributed by atoms with Crippen molar-refractivity contribution in [2.75, 3.05) is 6.61 Å². The van der Waals surface area contributed by atoms with E-state index >= 15 is 0 Å². The summed E-state index contributed by atoms with van der Waals surface area (Å²) in [6, 6.07) is 11.8. The Bertz CT molecular complexity index is 482. The van der Waals surface area contributed by atoms with Crippen LogP contribution in [0, 0.1) is 0 Å². The predicted molar refractivity (Wildman–Crippen MR) is 74.0 cm³/mol. The van der Waals surface area contributed by atoms with Crippen molar-refractivity contribution >= 4 is 27.3 Å². The molecule has 0 amide bonds. The molecule has 0 atom stereocenters. The van der Waals surface area contributed by atoms with Crippen LogP contribution in [0.15, 0.2) is 40.2 Å². The van der Waals surface area contributed by atoms with Gasteiger partial charge in [0.15, 0.2) is 0 Å². The first-order valence-electron chi connectivity index (χ1n) is 5.38. The number of hydrogen-bond donors (Lipinski definition) is 0. The van der Waals surface area contributed by atoms with Crippen LogP contribution in [0.4, 0.5) is 0 Å². The standard InChI is InChI=1S/C13H13BrO2S/c1-2-15-10-4-3-5-11(8-10)16-9-12-6-7-13(14)17-12/h3-8H,2,9H2,1H3. The summed E-state index contributed by atoms with van der Waals surface area (Å²) in [6.45, 7) is 3.23. The van der Waals surface area contributed by atoms with Gasteiger partial charge in [-0.3, -0.25) is 0 Å². The van der Waals surface area contributed by atoms with E-state index in [1.54, 1.807) is 11.3 Å². The van der Waals surface area contributed by atoms with E-state index in [0.717, 1.165) is 15.3 Å². The molecule has 4 heteroatoms. The van der Waals surface area contributed by atoms with E-state index in [2.05, 4.69) is 22.0 Å². The van der Waals surface area contributed by atoms with E-state index in [4.69, 9.17) is 9.47 Å². The first kappa shape index (κ1) is 12.5. The molecular weight excluding hydrogens is 300 g/mol. The topological polar surface area (TPSA) is 18.5 Å². The van der Waals surface area contributed by atoms with Gasteiger partial charge in [-0.1, -0.05) is 6.07 Å². The molecule has 0 radical (unpaired) electrons. The van der Waals surface area contributed by atoms with Crippen LogP contribution in [0.3, 0.4) is 0 Å². The number of thiophene rings is 1. The van der Waals surface area contributed by atoms with Crippen LogP contribution in [-0.2, 0) is 6.61 Å². The summed E-state index contributed by atoms with van der Waals surface area (Å²) >= 11 is 5.12. The molecule has 0 N–H and O–H groups in total. The number of hydrogen-bond acceptors (Lipinski definition) is 3. The maximum atomic E-state index is 5.70. The van der Waals surface area contributed by atoms with Gasteiger partial charge in [0.05, 0.1) is 10.4 Å². The molecule has 0 fully saturated rings. The molecule has 0 spiro atoms. The Morgan fingerprint density at radius 3 is 2.53 bits per heavy atom. The van der Waals surface area contributed by atoms with E-state index in [0.29, 0.717) is 13.2 Å². The monoisotopic (exact) mass is 312 g/mol. The summed E-state index contributed by atoms with van der Waals surface area (Å²) in [5, 5.41) is 0. The van der Waals surface area contributed by atoms with Crippen LogP contribution in [-0.4, -0.2) is 6.61 Å². The third-order valence-electron chi connectivity index (χ3n) is 2.13. The van der Waals surface area contributed by atoms with Crippen molar-refractivity contribution in [1.82, 2.24) is 0 Å². The van der Waals surface area contributed by atoms with E-state index in [-0.39, 0.29) is 0 Å². The number of rotatable bonds is 5. The minimum Gasteiger partial charge on any atom is -0.494 e. The summed E-state index contributed by atoms with van der Waals surface area (Å²) in [6.07, 6.45) is 0.